The van der Waals surface area contributed by atoms with E-state index in [0.717, 1.165) is 33.4 Å². The molecule has 0 fully saturated rings. The van der Waals surface area contributed by atoms with Crippen molar-refractivity contribution in [2.24, 2.45) is 5.92 Å². The molecule has 6 heteroatoms. The van der Waals surface area contributed by atoms with Crippen molar-refractivity contribution < 1.29 is 14.3 Å². The highest BCUT2D eigenvalue weighted by Crippen LogP contribution is 2.49. The average Bonchev–Trinajstić information content (AvgIpc) is 3.23. The van der Waals surface area contributed by atoms with Gasteiger partial charge < -0.3 is 10.1 Å². The van der Waals surface area contributed by atoms with Crippen molar-refractivity contribution in [1.82, 2.24) is 10.6 Å². The van der Waals surface area contributed by atoms with E-state index in [0.29, 0.717) is 12.2 Å². The second-order valence-electron chi connectivity index (χ2n) is 13.8. The highest BCUT2D eigenvalue weighted by atomic mass is 32.2. The Balaban J connectivity index is 1.55. The Kier molecular flexibility index (Phi) is 12.8. The molecular formula is C48H48N2O3S. The molecule has 0 spiro atoms. The van der Waals surface area contributed by atoms with Crippen molar-refractivity contribution in [1.29, 1.82) is 0 Å². The van der Waals surface area contributed by atoms with Crippen LogP contribution in [0.25, 0.3) is 0 Å². The summed E-state index contributed by atoms with van der Waals surface area (Å²) in [6, 6.07) is 60.7. The molecule has 274 valence electrons. The zero-order valence-corrected chi connectivity index (χ0v) is 31.9. The Hall–Kier alpha value is -5.43. The zero-order chi connectivity index (χ0) is 37.8. The van der Waals surface area contributed by atoms with Gasteiger partial charge in [0, 0.05) is 5.75 Å². The van der Waals surface area contributed by atoms with Crippen LogP contribution in [-0.4, -0.2) is 36.8 Å². The van der Waals surface area contributed by atoms with E-state index in [9.17, 15) is 4.79 Å². The molecule has 0 radical (unpaired) electrons. The molecule has 6 rings (SSSR count). The fourth-order valence-electron chi connectivity index (χ4n) is 7.34. The second kappa shape index (κ2) is 18.1. The predicted molar refractivity (Wildman–Crippen MR) is 221 cm³/mol. The molecule has 2 N–H and O–H groups in total. The van der Waals surface area contributed by atoms with Gasteiger partial charge in [0.25, 0.3) is 0 Å². The summed E-state index contributed by atoms with van der Waals surface area (Å²) < 4.78 is 4.53. The van der Waals surface area contributed by atoms with Gasteiger partial charge in [-0.15, -0.1) is 11.8 Å². The van der Waals surface area contributed by atoms with E-state index in [1.165, 1.54) is 7.11 Å². The van der Waals surface area contributed by atoms with Crippen molar-refractivity contribution in [3.05, 3.63) is 215 Å². The normalized spacial score (nSPS) is 12.8. The zero-order valence-electron chi connectivity index (χ0n) is 31.1. The van der Waals surface area contributed by atoms with Crippen LogP contribution in [0.3, 0.4) is 0 Å². The molecule has 2 atom stereocenters. The van der Waals surface area contributed by atoms with Crippen molar-refractivity contribution in [2.45, 2.75) is 42.6 Å². The fraction of sp³-hybridized carbons (Fsp3) is 0.208. The first-order valence-electron chi connectivity index (χ1n) is 18.5. The molecule has 0 bridgehead atoms. The third-order valence-corrected chi connectivity index (χ3v) is 11.5. The maximum absolute atomic E-state index is 15.1. The smallest absolute Gasteiger partial charge is 0.328 e. The van der Waals surface area contributed by atoms with Gasteiger partial charge in [-0.3, -0.25) is 10.1 Å². The number of thioether (sulfide) groups is 1. The van der Waals surface area contributed by atoms with Crippen molar-refractivity contribution >= 4 is 23.6 Å². The molecule has 0 aromatic heterocycles. The lowest BCUT2D eigenvalue weighted by Crippen LogP contribution is -2.58. The number of hydrogen-bond donors (Lipinski definition) is 2. The van der Waals surface area contributed by atoms with Crippen LogP contribution in [0.5, 0.6) is 0 Å². The van der Waals surface area contributed by atoms with Gasteiger partial charge in [0.05, 0.1) is 23.4 Å². The second-order valence-corrected chi connectivity index (χ2v) is 15.1. The summed E-state index contributed by atoms with van der Waals surface area (Å²) in [5.41, 5.74) is 5.30. The number of carbonyl (C=O) groups excluding carboxylic acids is 2. The molecule has 0 aliphatic rings. The van der Waals surface area contributed by atoms with Crippen LogP contribution >= 0.6 is 11.8 Å². The van der Waals surface area contributed by atoms with Crippen LogP contribution in [0.1, 0.15) is 53.6 Å². The number of methoxy groups -OCH3 is 1. The lowest BCUT2D eigenvalue weighted by atomic mass is 9.76. The monoisotopic (exact) mass is 732 g/mol. The summed E-state index contributed by atoms with van der Waals surface area (Å²) in [7, 11) is 1.37. The largest absolute Gasteiger partial charge is 0.467 e. The standard InChI is InChI=1S/C48H48N2O3S/c1-36(2)34-43(46(52)53-3)49-45(51)44(50-47(37-22-10-4-11-23-37,38-24-12-5-13-25-38)39-26-14-6-15-27-39)35-54-48(40-28-16-7-17-29-40,41-30-18-8-19-31-41)42-32-20-9-21-33-42/h4-33,36,43-44,50H,34-35H2,1-3H3,(H,49,51)/t43-,44-/m1/s1. The molecule has 0 aliphatic heterocycles. The number of ether oxygens (including phenoxy) is 1. The van der Waals surface area contributed by atoms with E-state index >= 15 is 4.79 Å². The Morgan fingerprint density at radius 2 is 0.870 bits per heavy atom. The molecule has 6 aromatic rings. The molecule has 1 amide bonds. The summed E-state index contributed by atoms with van der Waals surface area (Å²) in [6.45, 7) is 4.07. The molecule has 0 saturated carbocycles. The van der Waals surface area contributed by atoms with Crippen LogP contribution in [0.15, 0.2) is 182 Å². The minimum absolute atomic E-state index is 0.147. The highest BCUT2D eigenvalue weighted by molar-refractivity contribution is 8.00. The Bertz CT molecular complexity index is 1850. The van der Waals surface area contributed by atoms with Gasteiger partial charge in [0.1, 0.15) is 6.04 Å². The van der Waals surface area contributed by atoms with E-state index in [1.807, 2.05) is 86.6 Å². The van der Waals surface area contributed by atoms with Crippen molar-refractivity contribution in [3.8, 4) is 0 Å². The number of carbonyl (C=O) groups is 2. The summed E-state index contributed by atoms with van der Waals surface area (Å²) in [5, 5.41) is 7.12. The topological polar surface area (TPSA) is 67.4 Å². The molecular weight excluding hydrogens is 685 g/mol. The van der Waals surface area contributed by atoms with Crippen LogP contribution in [0.4, 0.5) is 0 Å². The van der Waals surface area contributed by atoms with E-state index < -0.39 is 28.3 Å². The van der Waals surface area contributed by atoms with Crippen LogP contribution < -0.4 is 10.6 Å². The average molecular weight is 733 g/mol. The van der Waals surface area contributed by atoms with Crippen molar-refractivity contribution in [2.75, 3.05) is 12.9 Å². The predicted octanol–water partition coefficient (Wildman–Crippen LogP) is 9.37. The maximum atomic E-state index is 15.1. The molecule has 5 nitrogen and oxygen atoms in total. The van der Waals surface area contributed by atoms with E-state index in [2.05, 4.69) is 120 Å². The molecule has 0 aliphatic carbocycles. The Labute approximate surface area is 324 Å². The van der Waals surface area contributed by atoms with Crippen LogP contribution in [0, 0.1) is 5.92 Å². The van der Waals surface area contributed by atoms with Gasteiger partial charge in [-0.1, -0.05) is 196 Å². The number of amides is 1. The minimum atomic E-state index is -0.944. The Morgan fingerprint density at radius 3 is 1.19 bits per heavy atom. The summed E-state index contributed by atoms with van der Waals surface area (Å²) in [6.07, 6.45) is 0.446. The van der Waals surface area contributed by atoms with E-state index in [1.54, 1.807) is 11.8 Å². The third-order valence-electron chi connectivity index (χ3n) is 9.84. The van der Waals surface area contributed by atoms with E-state index in [4.69, 9.17) is 4.74 Å². The van der Waals surface area contributed by atoms with Gasteiger partial charge in [-0.25, -0.2) is 4.79 Å². The highest BCUT2D eigenvalue weighted by Gasteiger charge is 2.43. The molecule has 0 heterocycles. The first kappa shape index (κ1) is 38.3. The van der Waals surface area contributed by atoms with E-state index in [-0.39, 0.29) is 11.8 Å². The summed E-state index contributed by atoms with van der Waals surface area (Å²) in [4.78, 5) is 28.2. The van der Waals surface area contributed by atoms with Gasteiger partial charge in [-0.2, -0.15) is 0 Å². The Morgan fingerprint density at radius 1 is 0.537 bits per heavy atom. The number of benzene rings is 6. The first-order valence-corrected chi connectivity index (χ1v) is 19.5. The van der Waals surface area contributed by atoms with Crippen molar-refractivity contribution in [3.63, 3.8) is 0 Å². The quantitative estimate of drug-likeness (QED) is 0.0767. The van der Waals surface area contributed by atoms with Gasteiger partial charge in [-0.05, 0) is 45.7 Å². The first-order chi connectivity index (χ1) is 26.4. The van der Waals surface area contributed by atoms with Gasteiger partial charge >= 0.3 is 5.97 Å². The maximum Gasteiger partial charge on any atom is 0.328 e. The number of esters is 1. The molecule has 6 aromatic carbocycles. The number of hydrogen-bond acceptors (Lipinski definition) is 5. The molecule has 54 heavy (non-hydrogen) atoms. The molecule has 0 saturated heterocycles. The van der Waals surface area contributed by atoms with Gasteiger partial charge in [0.15, 0.2) is 0 Å². The van der Waals surface area contributed by atoms with Crippen LogP contribution in [0.2, 0.25) is 0 Å². The summed E-state index contributed by atoms with van der Waals surface area (Å²) >= 11 is 1.71. The summed E-state index contributed by atoms with van der Waals surface area (Å²) in [5.74, 6) is -0.257. The third kappa shape index (κ3) is 8.36. The number of rotatable bonds is 16. The lowest BCUT2D eigenvalue weighted by molar-refractivity contribution is -0.145. The van der Waals surface area contributed by atoms with Crippen LogP contribution in [-0.2, 0) is 24.6 Å². The molecule has 0 unspecified atom stereocenters. The minimum Gasteiger partial charge on any atom is -0.467 e. The lowest BCUT2D eigenvalue weighted by Gasteiger charge is -2.41. The fourth-order valence-corrected chi connectivity index (χ4v) is 8.90. The number of nitrogens with one attached hydrogen (secondary N) is 2. The van der Waals surface area contributed by atoms with Gasteiger partial charge in [0.2, 0.25) is 5.91 Å². The SMILES string of the molecule is COC(=O)[C@@H](CC(C)C)NC(=O)[C@@H](CSC(c1ccccc1)(c1ccccc1)c1ccccc1)NC(c1ccccc1)(c1ccccc1)c1ccccc1.